The predicted octanol–water partition coefficient (Wildman–Crippen LogP) is 4.05. The van der Waals surface area contributed by atoms with Crippen LogP contribution in [0.15, 0.2) is 38.6 Å². The lowest BCUT2D eigenvalue weighted by atomic mass is 10.2. The Labute approximate surface area is 130 Å². The number of primary amides is 1. The Bertz CT molecular complexity index is 581. The van der Waals surface area contributed by atoms with Crippen molar-refractivity contribution in [3.63, 3.8) is 0 Å². The molecule has 0 radical (unpaired) electrons. The summed E-state index contributed by atoms with van der Waals surface area (Å²) in [7, 11) is 0. The zero-order valence-corrected chi connectivity index (χ0v) is 13.5. The molecule has 2 rings (SSSR count). The summed E-state index contributed by atoms with van der Waals surface area (Å²) in [4.78, 5) is 12.3. The van der Waals surface area contributed by atoms with E-state index in [0.717, 1.165) is 13.1 Å². The van der Waals surface area contributed by atoms with E-state index >= 15 is 0 Å². The van der Waals surface area contributed by atoms with Gasteiger partial charge in [-0.15, -0.1) is 11.3 Å². The van der Waals surface area contributed by atoms with Crippen molar-refractivity contribution in [2.24, 2.45) is 5.73 Å². The minimum Gasteiger partial charge on any atom is -0.369 e. The molecule has 1 aromatic heterocycles. The van der Waals surface area contributed by atoms with E-state index in [2.05, 4.69) is 37.2 Å². The minimum absolute atomic E-state index is 0.331. The fraction of sp³-hybridized carbons (Fsp3) is 0.0833. The second kappa shape index (κ2) is 6.02. The highest BCUT2D eigenvalue weighted by Crippen LogP contribution is 2.36. The first-order chi connectivity index (χ1) is 8.97. The average Bonchev–Trinajstić information content (AvgIpc) is 2.68. The van der Waals surface area contributed by atoms with Gasteiger partial charge in [-0.1, -0.05) is 0 Å². The molecule has 1 atom stereocenters. The summed E-state index contributed by atoms with van der Waals surface area (Å²) in [5, 5.41) is 2.99. The van der Waals surface area contributed by atoms with Crippen LogP contribution in [0, 0.1) is 5.82 Å². The Morgan fingerprint density at radius 3 is 2.42 bits per heavy atom. The molecule has 1 aromatic carbocycles. The number of carbonyl (C=O) groups is 1. The summed E-state index contributed by atoms with van der Waals surface area (Å²) in [6, 6.07) is 6.92. The number of nitrogens with one attached hydrogen (secondary N) is 1. The molecule has 0 saturated carbocycles. The molecule has 1 heterocycles. The monoisotopic (exact) mass is 406 g/mol. The molecule has 0 bridgehead atoms. The van der Waals surface area contributed by atoms with Crippen molar-refractivity contribution in [3.05, 3.63) is 49.3 Å². The molecule has 3 nitrogen and oxygen atoms in total. The highest BCUT2D eigenvalue weighted by molar-refractivity contribution is 9.13. The third kappa shape index (κ3) is 3.55. The second-order valence-corrected chi connectivity index (χ2v) is 7.01. The van der Waals surface area contributed by atoms with Gasteiger partial charge in [-0.25, -0.2) is 4.39 Å². The summed E-state index contributed by atoms with van der Waals surface area (Å²) in [6.45, 7) is 0. The van der Waals surface area contributed by atoms with Crippen LogP contribution in [0.2, 0.25) is 0 Å². The first-order valence-corrected chi connectivity index (χ1v) is 7.64. The van der Waals surface area contributed by atoms with Gasteiger partial charge < -0.3 is 11.1 Å². The third-order valence-electron chi connectivity index (χ3n) is 2.39. The van der Waals surface area contributed by atoms with Crippen molar-refractivity contribution in [2.75, 3.05) is 5.32 Å². The van der Waals surface area contributed by atoms with E-state index in [1.165, 1.54) is 23.5 Å². The molecule has 0 saturated heterocycles. The molecule has 0 aliphatic rings. The Morgan fingerprint density at radius 1 is 1.32 bits per heavy atom. The van der Waals surface area contributed by atoms with Crippen molar-refractivity contribution in [2.45, 2.75) is 6.04 Å². The summed E-state index contributed by atoms with van der Waals surface area (Å²) in [5.74, 6) is -0.826. The third-order valence-corrected chi connectivity index (χ3v) is 5.71. The molecule has 0 aliphatic carbocycles. The van der Waals surface area contributed by atoms with E-state index in [-0.39, 0.29) is 5.82 Å². The normalized spacial score (nSPS) is 12.2. The van der Waals surface area contributed by atoms with E-state index in [1.807, 2.05) is 6.07 Å². The van der Waals surface area contributed by atoms with Gasteiger partial charge in [0.15, 0.2) is 0 Å². The van der Waals surface area contributed by atoms with Crippen LogP contribution in [0.4, 0.5) is 10.1 Å². The van der Waals surface area contributed by atoms with Crippen LogP contribution < -0.4 is 11.1 Å². The predicted molar refractivity (Wildman–Crippen MR) is 81.7 cm³/mol. The standard InChI is InChI=1S/C12H9Br2FN2OS/c13-8-5-9(19-11(8)14)10(12(16)18)17-7-3-1-6(15)2-4-7/h1-5,10,17H,(H2,16,18). The number of thiophene rings is 1. The van der Waals surface area contributed by atoms with Crippen molar-refractivity contribution < 1.29 is 9.18 Å². The molecular formula is C12H9Br2FN2OS. The fourth-order valence-corrected chi connectivity index (χ4v) is 3.65. The number of anilines is 1. The van der Waals surface area contributed by atoms with Crippen molar-refractivity contribution >= 4 is 54.8 Å². The summed E-state index contributed by atoms with van der Waals surface area (Å²) >= 11 is 8.14. The molecular weight excluding hydrogens is 399 g/mol. The molecule has 1 unspecified atom stereocenters. The largest absolute Gasteiger partial charge is 0.369 e. The lowest BCUT2D eigenvalue weighted by Crippen LogP contribution is -2.26. The van der Waals surface area contributed by atoms with Crippen LogP contribution in [-0.2, 0) is 4.79 Å². The number of hydrogen-bond donors (Lipinski definition) is 2. The van der Waals surface area contributed by atoms with Crippen LogP contribution in [0.1, 0.15) is 10.9 Å². The molecule has 0 fully saturated rings. The molecule has 7 heteroatoms. The molecule has 1 amide bonds. The van der Waals surface area contributed by atoms with E-state index in [9.17, 15) is 9.18 Å². The van der Waals surface area contributed by atoms with Gasteiger partial charge in [-0.05, 0) is 62.2 Å². The Morgan fingerprint density at radius 2 is 1.95 bits per heavy atom. The van der Waals surface area contributed by atoms with E-state index in [1.54, 1.807) is 12.1 Å². The van der Waals surface area contributed by atoms with E-state index in [4.69, 9.17) is 5.73 Å². The van der Waals surface area contributed by atoms with Crippen molar-refractivity contribution in [3.8, 4) is 0 Å². The van der Waals surface area contributed by atoms with Gasteiger partial charge in [0.2, 0.25) is 5.91 Å². The lowest BCUT2D eigenvalue weighted by molar-refractivity contribution is -0.118. The van der Waals surface area contributed by atoms with Gasteiger partial charge >= 0.3 is 0 Å². The van der Waals surface area contributed by atoms with Crippen LogP contribution >= 0.6 is 43.2 Å². The van der Waals surface area contributed by atoms with Crippen LogP contribution in [0.5, 0.6) is 0 Å². The van der Waals surface area contributed by atoms with Gasteiger partial charge in [0.25, 0.3) is 0 Å². The Hall–Kier alpha value is -0.920. The number of carbonyl (C=O) groups excluding carboxylic acids is 1. The van der Waals surface area contributed by atoms with Gasteiger partial charge in [0.05, 0.1) is 3.79 Å². The first-order valence-electron chi connectivity index (χ1n) is 5.23. The average molecular weight is 408 g/mol. The Kier molecular flexibility index (Phi) is 4.59. The molecule has 0 spiro atoms. The molecule has 3 N–H and O–H groups in total. The SMILES string of the molecule is NC(=O)C(Nc1ccc(F)cc1)c1cc(Br)c(Br)s1. The number of rotatable bonds is 4. The molecule has 2 aromatic rings. The van der Waals surface area contributed by atoms with Crippen LogP contribution in [-0.4, -0.2) is 5.91 Å². The summed E-state index contributed by atoms with van der Waals surface area (Å²) < 4.78 is 14.6. The highest BCUT2D eigenvalue weighted by atomic mass is 79.9. The second-order valence-electron chi connectivity index (χ2n) is 3.76. The number of hydrogen-bond acceptors (Lipinski definition) is 3. The highest BCUT2D eigenvalue weighted by Gasteiger charge is 2.21. The van der Waals surface area contributed by atoms with E-state index in [0.29, 0.717) is 5.69 Å². The molecule has 19 heavy (non-hydrogen) atoms. The van der Waals surface area contributed by atoms with Gasteiger partial charge in [-0.3, -0.25) is 4.79 Å². The quantitative estimate of drug-likeness (QED) is 0.803. The lowest BCUT2D eigenvalue weighted by Gasteiger charge is -2.15. The van der Waals surface area contributed by atoms with Crippen molar-refractivity contribution in [1.29, 1.82) is 0 Å². The zero-order valence-electron chi connectivity index (χ0n) is 9.49. The first kappa shape index (κ1) is 14.5. The van der Waals surface area contributed by atoms with Gasteiger partial charge in [0, 0.05) is 15.0 Å². The fourth-order valence-electron chi connectivity index (χ4n) is 1.50. The number of amides is 1. The number of halogens is 3. The van der Waals surface area contributed by atoms with Crippen LogP contribution in [0.3, 0.4) is 0 Å². The summed E-state index contributed by atoms with van der Waals surface area (Å²) in [6.07, 6.45) is 0. The smallest absolute Gasteiger partial charge is 0.245 e. The number of nitrogens with two attached hydrogens (primary N) is 1. The number of benzene rings is 1. The van der Waals surface area contributed by atoms with Gasteiger partial charge in [0.1, 0.15) is 11.9 Å². The van der Waals surface area contributed by atoms with Crippen LogP contribution in [0.25, 0.3) is 0 Å². The zero-order chi connectivity index (χ0) is 14.0. The van der Waals surface area contributed by atoms with Gasteiger partial charge in [-0.2, -0.15) is 0 Å². The Balaban J connectivity index is 2.26. The van der Waals surface area contributed by atoms with E-state index < -0.39 is 11.9 Å². The maximum Gasteiger partial charge on any atom is 0.245 e. The maximum atomic E-state index is 12.8. The summed E-state index contributed by atoms with van der Waals surface area (Å²) in [5.41, 5.74) is 6.04. The minimum atomic E-state index is -0.655. The molecule has 100 valence electrons. The maximum absolute atomic E-state index is 12.8. The van der Waals surface area contributed by atoms with Crippen molar-refractivity contribution in [1.82, 2.24) is 0 Å². The topological polar surface area (TPSA) is 55.1 Å². The molecule has 0 aliphatic heterocycles.